The number of furan rings is 1. The molecule has 2 rings (SSSR count). The van der Waals surface area contributed by atoms with Gasteiger partial charge in [-0.05, 0) is 43.7 Å². The minimum absolute atomic E-state index is 0.134. The Morgan fingerprint density at radius 2 is 1.83 bits per heavy atom. The normalized spacial score (nSPS) is 12.6. The largest absolute Gasteiger partial charge is 0.464 e. The molecule has 0 bridgehead atoms. The fraction of sp³-hybridized carbons (Fsp3) is 0.375. The van der Waals surface area contributed by atoms with Crippen LogP contribution in [0.1, 0.15) is 42.0 Å². The monoisotopic (exact) mass is 243 g/mol. The van der Waals surface area contributed by atoms with Gasteiger partial charge in [-0.3, -0.25) is 0 Å². The molecule has 0 amide bonds. The molecule has 0 spiro atoms. The van der Waals surface area contributed by atoms with Gasteiger partial charge < -0.3 is 9.73 Å². The predicted molar refractivity (Wildman–Crippen MR) is 74.8 cm³/mol. The SMILES string of the molecule is CCCc1ccc(C(NC)c2ccc(C)o2)cc1. The second-order valence-electron chi connectivity index (χ2n) is 4.66. The number of aryl methyl sites for hydroxylation is 2. The first-order valence-electron chi connectivity index (χ1n) is 6.57. The van der Waals surface area contributed by atoms with E-state index in [1.807, 2.05) is 26.1 Å². The van der Waals surface area contributed by atoms with Gasteiger partial charge in [-0.2, -0.15) is 0 Å². The van der Waals surface area contributed by atoms with Crippen molar-refractivity contribution in [1.82, 2.24) is 5.32 Å². The van der Waals surface area contributed by atoms with Gasteiger partial charge in [-0.15, -0.1) is 0 Å². The van der Waals surface area contributed by atoms with Gasteiger partial charge in [0, 0.05) is 0 Å². The number of benzene rings is 1. The summed E-state index contributed by atoms with van der Waals surface area (Å²) < 4.78 is 5.71. The average Bonchev–Trinajstić information content (AvgIpc) is 2.79. The van der Waals surface area contributed by atoms with E-state index >= 15 is 0 Å². The van der Waals surface area contributed by atoms with Crippen molar-refractivity contribution in [2.24, 2.45) is 0 Å². The molecular weight excluding hydrogens is 222 g/mol. The van der Waals surface area contributed by atoms with Crippen LogP contribution in [0.5, 0.6) is 0 Å². The summed E-state index contributed by atoms with van der Waals surface area (Å²) in [6, 6.07) is 13.0. The third kappa shape index (κ3) is 2.82. The lowest BCUT2D eigenvalue weighted by Crippen LogP contribution is -2.16. The zero-order valence-corrected chi connectivity index (χ0v) is 11.4. The fourth-order valence-corrected chi connectivity index (χ4v) is 2.25. The zero-order chi connectivity index (χ0) is 13.0. The first kappa shape index (κ1) is 12.9. The van der Waals surface area contributed by atoms with E-state index in [0.717, 1.165) is 17.9 Å². The van der Waals surface area contributed by atoms with E-state index in [2.05, 4.69) is 36.5 Å². The van der Waals surface area contributed by atoms with Gasteiger partial charge in [0.1, 0.15) is 11.5 Å². The molecule has 1 atom stereocenters. The molecule has 1 aromatic carbocycles. The van der Waals surface area contributed by atoms with Crippen molar-refractivity contribution in [2.75, 3.05) is 7.05 Å². The van der Waals surface area contributed by atoms with Crippen LogP contribution in [-0.2, 0) is 6.42 Å². The maximum Gasteiger partial charge on any atom is 0.125 e. The molecule has 0 aliphatic carbocycles. The third-order valence-corrected chi connectivity index (χ3v) is 3.19. The Balaban J connectivity index is 2.22. The molecule has 0 aliphatic heterocycles. The topological polar surface area (TPSA) is 25.2 Å². The molecule has 0 fully saturated rings. The number of nitrogens with one attached hydrogen (secondary N) is 1. The van der Waals surface area contributed by atoms with Crippen molar-refractivity contribution in [1.29, 1.82) is 0 Å². The Hall–Kier alpha value is -1.54. The highest BCUT2D eigenvalue weighted by atomic mass is 16.3. The number of rotatable bonds is 5. The van der Waals surface area contributed by atoms with Crippen LogP contribution in [0, 0.1) is 6.92 Å². The first-order valence-corrected chi connectivity index (χ1v) is 6.57. The molecule has 96 valence electrons. The first-order chi connectivity index (χ1) is 8.74. The lowest BCUT2D eigenvalue weighted by Gasteiger charge is -2.14. The van der Waals surface area contributed by atoms with Crippen molar-refractivity contribution in [3.63, 3.8) is 0 Å². The molecule has 1 N–H and O–H groups in total. The minimum Gasteiger partial charge on any atom is -0.464 e. The summed E-state index contributed by atoms with van der Waals surface area (Å²) in [6.45, 7) is 4.18. The highest BCUT2D eigenvalue weighted by molar-refractivity contribution is 5.30. The van der Waals surface area contributed by atoms with Crippen LogP contribution < -0.4 is 5.32 Å². The second kappa shape index (κ2) is 5.87. The number of hydrogen-bond acceptors (Lipinski definition) is 2. The van der Waals surface area contributed by atoms with Gasteiger partial charge in [0.2, 0.25) is 0 Å². The van der Waals surface area contributed by atoms with Crippen LogP contribution in [0.15, 0.2) is 40.8 Å². The molecule has 18 heavy (non-hydrogen) atoms. The van der Waals surface area contributed by atoms with Gasteiger partial charge in [0.25, 0.3) is 0 Å². The minimum atomic E-state index is 0.134. The zero-order valence-electron chi connectivity index (χ0n) is 11.4. The van der Waals surface area contributed by atoms with E-state index in [4.69, 9.17) is 4.42 Å². The molecule has 2 nitrogen and oxygen atoms in total. The third-order valence-electron chi connectivity index (χ3n) is 3.19. The molecule has 1 unspecified atom stereocenters. The summed E-state index contributed by atoms with van der Waals surface area (Å²) in [7, 11) is 1.96. The summed E-state index contributed by atoms with van der Waals surface area (Å²) in [5.41, 5.74) is 2.64. The fourth-order valence-electron chi connectivity index (χ4n) is 2.25. The number of hydrogen-bond donors (Lipinski definition) is 1. The van der Waals surface area contributed by atoms with E-state index in [1.54, 1.807) is 0 Å². The van der Waals surface area contributed by atoms with Crippen molar-refractivity contribution < 1.29 is 4.42 Å². The Morgan fingerprint density at radius 1 is 1.11 bits per heavy atom. The molecule has 1 aromatic heterocycles. The van der Waals surface area contributed by atoms with Gasteiger partial charge in [-0.25, -0.2) is 0 Å². The highest BCUT2D eigenvalue weighted by Crippen LogP contribution is 2.24. The smallest absolute Gasteiger partial charge is 0.125 e. The van der Waals surface area contributed by atoms with Crippen LogP contribution in [0.4, 0.5) is 0 Å². The van der Waals surface area contributed by atoms with Gasteiger partial charge in [0.15, 0.2) is 0 Å². The predicted octanol–water partition coefficient (Wildman–Crippen LogP) is 3.85. The van der Waals surface area contributed by atoms with E-state index < -0.39 is 0 Å². The quantitative estimate of drug-likeness (QED) is 0.863. The maximum absolute atomic E-state index is 5.71. The highest BCUT2D eigenvalue weighted by Gasteiger charge is 2.15. The maximum atomic E-state index is 5.71. The van der Waals surface area contributed by atoms with Gasteiger partial charge in [0.05, 0.1) is 6.04 Å². The molecule has 1 heterocycles. The lowest BCUT2D eigenvalue weighted by atomic mass is 10.0. The van der Waals surface area contributed by atoms with Crippen molar-refractivity contribution in [3.05, 3.63) is 59.0 Å². The summed E-state index contributed by atoms with van der Waals surface area (Å²) in [5.74, 6) is 1.92. The lowest BCUT2D eigenvalue weighted by molar-refractivity contribution is 0.444. The van der Waals surface area contributed by atoms with Gasteiger partial charge in [-0.1, -0.05) is 37.6 Å². The summed E-state index contributed by atoms with van der Waals surface area (Å²) >= 11 is 0. The van der Waals surface area contributed by atoms with E-state index in [-0.39, 0.29) is 6.04 Å². The Labute approximate surface area is 109 Å². The Bertz CT molecular complexity index is 484. The molecule has 0 radical (unpaired) electrons. The molecule has 2 aromatic rings. The van der Waals surface area contributed by atoms with Crippen LogP contribution in [0.25, 0.3) is 0 Å². The summed E-state index contributed by atoms with van der Waals surface area (Å²) in [6.07, 6.45) is 2.33. The van der Waals surface area contributed by atoms with Crippen molar-refractivity contribution in [2.45, 2.75) is 32.7 Å². The van der Waals surface area contributed by atoms with Crippen LogP contribution in [0.2, 0.25) is 0 Å². The molecule has 0 aliphatic rings. The molecule has 2 heteroatoms. The van der Waals surface area contributed by atoms with Crippen molar-refractivity contribution >= 4 is 0 Å². The standard InChI is InChI=1S/C16H21NO/c1-4-5-13-7-9-14(10-8-13)16(17-3)15-11-6-12(2)18-15/h6-11,16-17H,4-5H2,1-3H3. The van der Waals surface area contributed by atoms with Crippen LogP contribution >= 0.6 is 0 Å². The molecule has 0 saturated carbocycles. The molecule has 0 saturated heterocycles. The van der Waals surface area contributed by atoms with Gasteiger partial charge >= 0.3 is 0 Å². The van der Waals surface area contributed by atoms with Crippen molar-refractivity contribution in [3.8, 4) is 0 Å². The van der Waals surface area contributed by atoms with E-state index in [9.17, 15) is 0 Å². The van der Waals surface area contributed by atoms with E-state index in [1.165, 1.54) is 17.5 Å². The second-order valence-corrected chi connectivity index (χ2v) is 4.66. The average molecular weight is 243 g/mol. The Morgan fingerprint density at radius 3 is 2.33 bits per heavy atom. The molecular formula is C16H21NO. The summed E-state index contributed by atoms with van der Waals surface area (Å²) in [5, 5.41) is 3.31. The Kier molecular flexibility index (Phi) is 4.21. The van der Waals surface area contributed by atoms with Crippen LogP contribution in [0.3, 0.4) is 0 Å². The van der Waals surface area contributed by atoms with E-state index in [0.29, 0.717) is 0 Å². The van der Waals surface area contributed by atoms with Crippen LogP contribution in [-0.4, -0.2) is 7.05 Å². The summed E-state index contributed by atoms with van der Waals surface area (Å²) in [4.78, 5) is 0.